The Morgan fingerprint density at radius 2 is 0.980 bits per heavy atom. The Morgan fingerprint density at radius 1 is 0.608 bits per heavy atom. The van der Waals surface area contributed by atoms with Gasteiger partial charge in [-0.3, -0.25) is 9.59 Å². The number of nitrogens with two attached hydrogens (primary N) is 4. The van der Waals surface area contributed by atoms with Crippen LogP contribution in [-0.4, -0.2) is 50.3 Å². The number of carbonyl (C=O) groups excluding carboxylic acids is 2. The Morgan fingerprint density at radius 3 is 1.37 bits per heavy atom. The van der Waals surface area contributed by atoms with Crippen LogP contribution < -0.4 is 43.0 Å². The normalized spacial score (nSPS) is 10.5. The number of rotatable bonds is 9. The van der Waals surface area contributed by atoms with E-state index in [4.69, 9.17) is 27.7 Å². The molecule has 5 rings (SSSR count). The first-order valence-electron chi connectivity index (χ1n) is 15.3. The molecule has 0 spiro atoms. The van der Waals surface area contributed by atoms with Gasteiger partial charge in [-0.25, -0.2) is 0 Å². The maximum Gasteiger partial charge on any atom is 0.573 e. The lowest BCUT2D eigenvalue weighted by molar-refractivity contribution is -0.274. The second-order valence-electron chi connectivity index (χ2n) is 11.1. The van der Waals surface area contributed by atoms with E-state index in [9.17, 15) is 22.8 Å². The van der Waals surface area contributed by atoms with Crippen molar-refractivity contribution in [3.05, 3.63) is 132 Å². The molecule has 0 aliphatic rings. The number of halogens is 3. The third-order valence-electron chi connectivity index (χ3n) is 6.51. The molecular weight excluding hydrogens is 663 g/mol. The molecule has 0 heterocycles. The Hall–Kier alpha value is -6.41. The van der Waals surface area contributed by atoms with E-state index in [1.807, 2.05) is 31.1 Å². The first-order chi connectivity index (χ1) is 24.2. The predicted molar refractivity (Wildman–Crippen MR) is 196 cm³/mol. The highest BCUT2D eigenvalue weighted by Crippen LogP contribution is 2.24. The van der Waals surface area contributed by atoms with Crippen LogP contribution in [0, 0.1) is 0 Å². The standard InChI is InChI=1S/C17H21N3O2.C14H11F3N2O2.C6H8N2/c1-20(2)10-11-22-16-5-3-4-13(12-16)17(21)19-15-8-6-14(18)7-9-15;15-14(16,17)21-12-3-1-2-9(8-12)13(20)19-11-6-4-10(18)5-7-11;7-5-1-2-6(8)4-3-5/h3-9,12H,10-11,18H2,1-2H3,(H,19,21);1-8H,18H2,(H,19,20);1-4H,7-8H2. The van der Waals surface area contributed by atoms with E-state index < -0.39 is 18.0 Å². The molecule has 0 aliphatic carbocycles. The van der Waals surface area contributed by atoms with Crippen molar-refractivity contribution in [1.82, 2.24) is 4.90 Å². The van der Waals surface area contributed by atoms with Crippen LogP contribution >= 0.6 is 0 Å². The van der Waals surface area contributed by atoms with Crippen molar-refractivity contribution in [3.8, 4) is 11.5 Å². The number of amides is 2. The average molecular weight is 704 g/mol. The molecule has 0 radical (unpaired) electrons. The van der Waals surface area contributed by atoms with E-state index in [1.165, 1.54) is 12.1 Å². The minimum Gasteiger partial charge on any atom is -0.492 e. The monoisotopic (exact) mass is 703 g/mol. The highest BCUT2D eigenvalue weighted by atomic mass is 19.4. The summed E-state index contributed by atoms with van der Waals surface area (Å²) >= 11 is 0. The molecule has 0 aromatic heterocycles. The van der Waals surface area contributed by atoms with E-state index in [2.05, 4.69) is 15.4 Å². The van der Waals surface area contributed by atoms with Crippen molar-refractivity contribution in [3.63, 3.8) is 0 Å². The number of likely N-dealkylation sites (N-methyl/N-ethyl adjacent to an activating group) is 1. The summed E-state index contributed by atoms with van der Waals surface area (Å²) in [4.78, 5) is 26.2. The molecule has 268 valence electrons. The highest BCUT2D eigenvalue weighted by Gasteiger charge is 2.31. The van der Waals surface area contributed by atoms with Gasteiger partial charge in [0.2, 0.25) is 0 Å². The van der Waals surface area contributed by atoms with Crippen LogP contribution in [0.5, 0.6) is 11.5 Å². The predicted octanol–water partition coefficient (Wildman–Crippen LogP) is 6.73. The number of nitrogens with zero attached hydrogens (tertiary/aromatic N) is 1. The Labute approximate surface area is 293 Å². The molecule has 0 aliphatic heterocycles. The van der Waals surface area contributed by atoms with Gasteiger partial charge >= 0.3 is 6.36 Å². The highest BCUT2D eigenvalue weighted by molar-refractivity contribution is 6.05. The fourth-order valence-electron chi connectivity index (χ4n) is 3.94. The van der Waals surface area contributed by atoms with Gasteiger partial charge in [-0.05, 0) is 123 Å². The zero-order chi connectivity index (χ0) is 37.4. The minimum atomic E-state index is -4.80. The molecule has 5 aromatic carbocycles. The summed E-state index contributed by atoms with van der Waals surface area (Å²) in [7, 11) is 3.97. The molecule has 0 saturated heterocycles. The van der Waals surface area contributed by atoms with E-state index in [1.54, 1.807) is 84.9 Å². The molecular formula is C37H40F3N7O4. The zero-order valence-corrected chi connectivity index (χ0v) is 28.0. The zero-order valence-electron chi connectivity index (χ0n) is 28.0. The number of ether oxygens (including phenoxy) is 2. The second kappa shape index (κ2) is 19.0. The van der Waals surface area contributed by atoms with Crippen molar-refractivity contribution in [2.75, 3.05) is 60.8 Å². The summed E-state index contributed by atoms with van der Waals surface area (Å²) in [5.74, 6) is -0.491. The molecule has 0 bridgehead atoms. The van der Waals surface area contributed by atoms with Crippen LogP contribution in [0.25, 0.3) is 0 Å². The van der Waals surface area contributed by atoms with Crippen LogP contribution in [0.4, 0.5) is 47.3 Å². The molecule has 2 amide bonds. The molecule has 14 heteroatoms. The average Bonchev–Trinajstić information content (AvgIpc) is 3.08. The van der Waals surface area contributed by atoms with Crippen molar-refractivity contribution in [2.24, 2.45) is 0 Å². The summed E-state index contributed by atoms with van der Waals surface area (Å²) in [5, 5.41) is 5.37. The quantitative estimate of drug-likeness (QED) is 0.0906. The summed E-state index contributed by atoms with van der Waals surface area (Å²) in [6, 6.07) is 32.5. The molecule has 0 fully saturated rings. The number of carbonyl (C=O) groups is 2. The first kappa shape index (κ1) is 39.0. The molecule has 51 heavy (non-hydrogen) atoms. The number of hydrogen-bond acceptors (Lipinski definition) is 9. The Balaban J connectivity index is 0.000000227. The first-order valence-corrected chi connectivity index (χ1v) is 15.3. The van der Waals surface area contributed by atoms with Crippen molar-refractivity contribution in [1.29, 1.82) is 0 Å². The van der Waals surface area contributed by atoms with Gasteiger partial charge in [0.1, 0.15) is 18.1 Å². The van der Waals surface area contributed by atoms with Crippen molar-refractivity contribution < 1.29 is 32.2 Å². The van der Waals surface area contributed by atoms with Crippen LogP contribution in [0.1, 0.15) is 20.7 Å². The third kappa shape index (κ3) is 15.1. The number of nitrogen functional groups attached to an aromatic ring is 4. The Kier molecular flexibility index (Phi) is 14.5. The smallest absolute Gasteiger partial charge is 0.492 e. The van der Waals surface area contributed by atoms with E-state index in [-0.39, 0.29) is 11.5 Å². The fraction of sp³-hybridized carbons (Fsp3) is 0.135. The van der Waals surface area contributed by atoms with Gasteiger partial charge in [0.25, 0.3) is 11.8 Å². The van der Waals surface area contributed by atoms with E-state index >= 15 is 0 Å². The lowest BCUT2D eigenvalue weighted by Crippen LogP contribution is -2.19. The maximum absolute atomic E-state index is 12.2. The van der Waals surface area contributed by atoms with Crippen molar-refractivity contribution >= 4 is 45.9 Å². The molecule has 0 saturated carbocycles. The fourth-order valence-corrected chi connectivity index (χ4v) is 3.94. The Bertz CT molecular complexity index is 1810. The SMILES string of the molecule is CN(C)CCOc1cccc(C(=O)Nc2ccc(N)cc2)c1.Nc1ccc(N)cc1.Nc1ccc(NC(=O)c2cccc(OC(F)(F)F)c2)cc1. The molecule has 10 N–H and O–H groups in total. The largest absolute Gasteiger partial charge is 0.573 e. The second-order valence-corrected chi connectivity index (χ2v) is 11.1. The number of anilines is 6. The number of hydrogen-bond donors (Lipinski definition) is 6. The van der Waals surface area contributed by atoms with Crippen LogP contribution in [-0.2, 0) is 0 Å². The lowest BCUT2D eigenvalue weighted by Gasteiger charge is -2.12. The molecule has 5 aromatic rings. The van der Waals surface area contributed by atoms with Crippen LogP contribution in [0.2, 0.25) is 0 Å². The van der Waals surface area contributed by atoms with E-state index in [0.29, 0.717) is 40.7 Å². The van der Waals surface area contributed by atoms with Gasteiger partial charge in [0, 0.05) is 51.8 Å². The number of benzene rings is 5. The topological polar surface area (TPSA) is 184 Å². The van der Waals surface area contributed by atoms with Gasteiger partial charge in [-0.1, -0.05) is 12.1 Å². The maximum atomic E-state index is 12.2. The number of alkyl halides is 3. The van der Waals surface area contributed by atoms with Gasteiger partial charge < -0.3 is 47.9 Å². The summed E-state index contributed by atoms with van der Waals surface area (Å²) in [5.41, 5.74) is 26.4. The van der Waals surface area contributed by atoms with Gasteiger partial charge in [0.05, 0.1) is 0 Å². The summed E-state index contributed by atoms with van der Waals surface area (Å²) in [6.07, 6.45) is -4.80. The van der Waals surface area contributed by atoms with E-state index in [0.717, 1.165) is 30.1 Å². The van der Waals surface area contributed by atoms with Crippen molar-refractivity contribution in [2.45, 2.75) is 6.36 Å². The molecule has 0 unspecified atom stereocenters. The van der Waals surface area contributed by atoms with Gasteiger partial charge in [-0.2, -0.15) is 0 Å². The van der Waals surface area contributed by atoms with Crippen LogP contribution in [0.15, 0.2) is 121 Å². The summed E-state index contributed by atoms with van der Waals surface area (Å²) in [6.45, 7) is 1.40. The summed E-state index contributed by atoms with van der Waals surface area (Å²) < 4.78 is 45.8. The number of nitrogens with one attached hydrogen (secondary N) is 2. The third-order valence-corrected chi connectivity index (χ3v) is 6.51. The molecule has 11 nitrogen and oxygen atoms in total. The van der Waals surface area contributed by atoms with Gasteiger partial charge in [-0.15, -0.1) is 13.2 Å². The lowest BCUT2D eigenvalue weighted by atomic mass is 10.2. The minimum absolute atomic E-state index is 0.0496. The van der Waals surface area contributed by atoms with Crippen LogP contribution in [0.3, 0.4) is 0 Å². The van der Waals surface area contributed by atoms with Gasteiger partial charge in [0.15, 0.2) is 0 Å². The molecule has 0 atom stereocenters.